The maximum atomic E-state index is 6.03. The zero-order valence-corrected chi connectivity index (χ0v) is 67.1. The molecule has 1 aliphatic carbocycles. The van der Waals surface area contributed by atoms with E-state index < -0.39 is 0 Å². The van der Waals surface area contributed by atoms with E-state index in [2.05, 4.69) is 265 Å². The Morgan fingerprint density at radius 2 is 0.735 bits per heavy atom. The van der Waals surface area contributed by atoms with Gasteiger partial charge in [-0.25, -0.2) is 39.9 Å². The van der Waals surface area contributed by atoms with E-state index in [0.29, 0.717) is 29.8 Å². The fourth-order valence-electron chi connectivity index (χ4n) is 10.8. The summed E-state index contributed by atoms with van der Waals surface area (Å²) in [7, 11) is 4.16. The monoisotopic (exact) mass is 1690 g/mol. The smallest absolute Gasteiger partial charge is 0.227 e. The quantitative estimate of drug-likeness (QED) is 0.0214. The van der Waals surface area contributed by atoms with Crippen LogP contribution in [0.25, 0.3) is 42.3 Å². The number of nitrogens with zero attached hydrogens (tertiary/aromatic N) is 9. The minimum absolute atomic E-state index is 0.405. The molecule has 102 heavy (non-hydrogen) atoms. The highest BCUT2D eigenvalue weighted by atomic mass is 79.9. The summed E-state index contributed by atoms with van der Waals surface area (Å²) in [5.74, 6) is 3.19. The fraction of sp³-hybridized carbons (Fsp3) is 0.273. The third-order valence-electron chi connectivity index (χ3n) is 15.9. The van der Waals surface area contributed by atoms with Crippen molar-refractivity contribution < 1.29 is 0 Å². The average molecular weight is 1700 g/mol. The van der Waals surface area contributed by atoms with Gasteiger partial charge in [0, 0.05) is 86.3 Å². The van der Waals surface area contributed by atoms with Crippen molar-refractivity contribution in [2.24, 2.45) is 11.7 Å². The van der Waals surface area contributed by atoms with Crippen LogP contribution in [0.3, 0.4) is 0 Å². The van der Waals surface area contributed by atoms with Gasteiger partial charge in [0.2, 0.25) is 23.8 Å². The van der Waals surface area contributed by atoms with Crippen molar-refractivity contribution >= 4 is 156 Å². The number of nitrogens with one attached hydrogen (secondary N) is 7. The summed E-state index contributed by atoms with van der Waals surface area (Å²) in [5.41, 5.74) is 18.8. The van der Waals surface area contributed by atoms with Gasteiger partial charge in [-0.05, 0) is 285 Å². The topological polar surface area (TPSA) is 217 Å². The molecule has 1 saturated carbocycles. The van der Waals surface area contributed by atoms with E-state index in [9.17, 15) is 0 Å². The van der Waals surface area contributed by atoms with Crippen LogP contribution in [0.5, 0.6) is 0 Å². The van der Waals surface area contributed by atoms with Crippen LogP contribution in [-0.4, -0.2) is 91.1 Å². The Morgan fingerprint density at radius 3 is 1.06 bits per heavy atom. The lowest BCUT2D eigenvalue weighted by molar-refractivity contribution is 0.325. The standard InChI is InChI=1S/C21H23BrN4S.C19H22BrN5S.C19H21BrN4S.C18H19BrN4S/c22-20-9-8-19(27-20)18-10-11-24-21(26-18)25-17-3-1-2-15(13-17)12-14-4-6-16(23)7-5-14;1-25(2)11-10-21-13-14-4-3-5-15(12-14)23-19-22-9-8-16(24-19)17-6-7-18(20)26-17;1-2-3-10-21-13-14-5-4-6-15(12-14)23-19-22-11-9-16(24-19)17-7-8-18(20)25-17;1-2-9-20-12-13-4-3-5-14(11-13)22-18-21-10-8-15(23-18)16-6-7-17(19)24-16/h1-3,8-11,13-14,16H,4-7,12,23H2,(H,24,25,26);3-9,12,21H,10-11,13H2,1-2H3,(H,22,23,24);4-9,11-12,21H,2-3,10,13H2,1H3,(H,22,23,24);3-8,10-11,20H,2,9,12H2,1H3,(H,21,22,23). The van der Waals surface area contributed by atoms with E-state index in [1.807, 2.05) is 78.9 Å². The molecule has 9 N–H and O–H groups in total. The minimum atomic E-state index is 0.405. The van der Waals surface area contributed by atoms with Crippen molar-refractivity contribution in [3.8, 4) is 42.3 Å². The van der Waals surface area contributed by atoms with Gasteiger partial charge < -0.3 is 47.9 Å². The fourth-order valence-corrected chi connectivity index (χ4v) is 16.2. The van der Waals surface area contributed by atoms with Crippen LogP contribution in [0.2, 0.25) is 0 Å². The summed E-state index contributed by atoms with van der Waals surface area (Å²) in [4.78, 5) is 42.5. The number of nitrogens with two attached hydrogens (primary N) is 1. The second-order valence-electron chi connectivity index (χ2n) is 24.5. The van der Waals surface area contributed by atoms with Gasteiger partial charge >= 0.3 is 0 Å². The van der Waals surface area contributed by atoms with Gasteiger partial charge in [-0.15, -0.1) is 45.3 Å². The van der Waals surface area contributed by atoms with Gasteiger partial charge in [-0.3, -0.25) is 0 Å². The number of hydrogen-bond acceptors (Lipinski definition) is 21. The summed E-state index contributed by atoms with van der Waals surface area (Å²) in [6.07, 6.45) is 16.6. The first-order valence-corrected chi connectivity index (χ1v) is 40.5. The SMILES string of the molecule is CCCCNCc1cccc(Nc2nccc(-c3ccc(Br)s3)n2)c1.CCCNCc1cccc(Nc2nccc(-c3ccc(Br)s3)n2)c1.CN(C)CCNCc1cccc(Nc2nccc(-c3ccc(Br)s3)n2)c1.NC1CCC(Cc2cccc(Nc3nccc(-c4ccc(Br)s4)n3)c2)CC1. The van der Waals surface area contributed by atoms with Gasteiger partial charge in [0.25, 0.3) is 0 Å². The molecule has 1 fully saturated rings. The number of aromatic nitrogens is 8. The van der Waals surface area contributed by atoms with Crippen LogP contribution in [0.1, 0.15) is 81.0 Å². The molecule has 0 amide bonds. The highest BCUT2D eigenvalue weighted by Gasteiger charge is 2.19. The predicted octanol–water partition coefficient (Wildman–Crippen LogP) is 20.9. The minimum Gasteiger partial charge on any atom is -0.328 e. The van der Waals surface area contributed by atoms with Crippen LogP contribution in [0.15, 0.2) is 210 Å². The highest BCUT2D eigenvalue weighted by molar-refractivity contribution is 9.11. The van der Waals surface area contributed by atoms with Crippen LogP contribution in [-0.2, 0) is 26.1 Å². The van der Waals surface area contributed by atoms with E-state index in [0.717, 1.165) is 158 Å². The zero-order valence-electron chi connectivity index (χ0n) is 57.5. The van der Waals surface area contributed by atoms with Crippen molar-refractivity contribution in [1.82, 2.24) is 60.7 Å². The lowest BCUT2D eigenvalue weighted by Gasteiger charge is -2.26. The van der Waals surface area contributed by atoms with E-state index in [-0.39, 0.29) is 0 Å². The molecule has 0 spiro atoms. The number of halogens is 4. The summed E-state index contributed by atoms with van der Waals surface area (Å²) in [6, 6.07) is 58.1. The summed E-state index contributed by atoms with van der Waals surface area (Å²) < 4.78 is 4.38. The van der Waals surface area contributed by atoms with Gasteiger partial charge in [0.15, 0.2) is 0 Å². The molecule has 12 aromatic rings. The van der Waals surface area contributed by atoms with Gasteiger partial charge in [0.1, 0.15) is 0 Å². The molecule has 0 saturated heterocycles. The maximum Gasteiger partial charge on any atom is 0.227 e. The number of anilines is 8. The van der Waals surface area contributed by atoms with Crippen LogP contribution >= 0.6 is 109 Å². The summed E-state index contributed by atoms with van der Waals surface area (Å²) >= 11 is 20.6. The van der Waals surface area contributed by atoms with Crippen LogP contribution in [0, 0.1) is 5.92 Å². The zero-order chi connectivity index (χ0) is 71.3. The van der Waals surface area contributed by atoms with Crippen molar-refractivity contribution in [3.05, 3.63) is 232 Å². The number of benzene rings is 4. The molecular formula is C77H85Br4N17S4. The Kier molecular flexibility index (Phi) is 31.5. The molecule has 530 valence electrons. The molecule has 0 atom stereocenters. The van der Waals surface area contributed by atoms with Gasteiger partial charge in [0.05, 0.1) is 57.4 Å². The lowest BCUT2D eigenvalue weighted by Crippen LogP contribution is -2.27. The number of likely N-dealkylation sites (N-methyl/N-ethyl adjacent to an activating group) is 1. The summed E-state index contributed by atoms with van der Waals surface area (Å²) in [5, 5.41) is 23.6. The molecule has 8 heterocycles. The van der Waals surface area contributed by atoms with Gasteiger partial charge in [-0.1, -0.05) is 68.8 Å². The van der Waals surface area contributed by atoms with Crippen LogP contribution in [0.4, 0.5) is 46.5 Å². The van der Waals surface area contributed by atoms with E-state index in [1.54, 1.807) is 70.1 Å². The maximum absolute atomic E-state index is 6.03. The Hall–Kier alpha value is -7.08. The predicted molar refractivity (Wildman–Crippen MR) is 444 cm³/mol. The first-order valence-electron chi connectivity index (χ1n) is 34.1. The van der Waals surface area contributed by atoms with Crippen molar-refractivity contribution in [2.45, 2.75) is 90.9 Å². The van der Waals surface area contributed by atoms with Gasteiger partial charge in [-0.2, -0.15) is 0 Å². The normalized spacial score (nSPS) is 13.2. The molecule has 0 aliphatic heterocycles. The van der Waals surface area contributed by atoms with E-state index in [4.69, 9.17) is 5.73 Å². The first kappa shape index (κ1) is 77.5. The molecular weight excluding hydrogens is 1610 g/mol. The van der Waals surface area contributed by atoms with Crippen molar-refractivity contribution in [2.75, 3.05) is 61.5 Å². The molecule has 8 aromatic heterocycles. The Labute approximate surface area is 648 Å². The second kappa shape index (κ2) is 41.4. The number of hydrogen-bond donors (Lipinski definition) is 8. The Morgan fingerprint density at radius 1 is 0.402 bits per heavy atom. The molecule has 0 bridgehead atoms. The number of thiophene rings is 4. The molecule has 17 nitrogen and oxygen atoms in total. The molecule has 25 heteroatoms. The molecule has 0 unspecified atom stereocenters. The third kappa shape index (κ3) is 26.3. The first-order chi connectivity index (χ1) is 49.7. The van der Waals surface area contributed by atoms with E-state index in [1.165, 1.54) is 47.9 Å². The summed E-state index contributed by atoms with van der Waals surface area (Å²) in [6.45, 7) is 11.0. The van der Waals surface area contributed by atoms with E-state index >= 15 is 0 Å². The Bertz CT molecular complexity index is 4500. The van der Waals surface area contributed by atoms with Crippen molar-refractivity contribution in [1.29, 1.82) is 0 Å². The molecule has 1 aliphatic rings. The third-order valence-corrected chi connectivity index (χ3v) is 22.5. The molecule has 0 radical (unpaired) electrons. The lowest BCUT2D eigenvalue weighted by atomic mass is 9.83. The largest absolute Gasteiger partial charge is 0.328 e. The number of rotatable bonds is 28. The average Bonchev–Trinajstić information content (AvgIpc) is 1.57. The van der Waals surface area contributed by atoms with Crippen LogP contribution < -0.4 is 43.0 Å². The molecule has 4 aromatic carbocycles. The highest BCUT2D eigenvalue weighted by Crippen LogP contribution is 2.35. The van der Waals surface area contributed by atoms with Crippen molar-refractivity contribution in [3.63, 3.8) is 0 Å². The molecule has 13 rings (SSSR count). The number of unbranched alkanes of at least 4 members (excludes halogenated alkanes) is 1. The Balaban J connectivity index is 0.000000147. The second-order valence-corrected chi connectivity index (χ2v) is 34.3.